The van der Waals surface area contributed by atoms with Crippen LogP contribution in [-0.4, -0.2) is 0 Å². The highest BCUT2D eigenvalue weighted by atomic mass is 14.0. The molecule has 0 N–H and O–H groups in total. The standard InChI is InChI=1S/C11H21/c1-4-7-9-11(6-3)10-8-5-2/h7,9,11H,1,4-6,8,10H2,2-3H3. The van der Waals surface area contributed by atoms with Crippen molar-refractivity contribution in [2.45, 2.75) is 46.0 Å². The van der Waals surface area contributed by atoms with Crippen LogP contribution >= 0.6 is 0 Å². The molecule has 0 fully saturated rings. The molecule has 0 aliphatic heterocycles. The summed E-state index contributed by atoms with van der Waals surface area (Å²) in [5.41, 5.74) is 0. The van der Waals surface area contributed by atoms with Crippen molar-refractivity contribution in [3.05, 3.63) is 19.1 Å². The van der Waals surface area contributed by atoms with Crippen LogP contribution in [0, 0.1) is 12.8 Å². The first kappa shape index (κ1) is 10.7. The Hall–Kier alpha value is -0.260. The quantitative estimate of drug-likeness (QED) is 0.506. The molecule has 0 saturated heterocycles. The number of unbranched alkanes of at least 4 members (excludes halogenated alkanes) is 1. The van der Waals surface area contributed by atoms with Crippen molar-refractivity contribution >= 4 is 0 Å². The van der Waals surface area contributed by atoms with Gasteiger partial charge in [-0.05, 0) is 32.1 Å². The molecule has 65 valence electrons. The van der Waals surface area contributed by atoms with E-state index in [0.717, 1.165) is 12.3 Å². The lowest BCUT2D eigenvalue weighted by Crippen LogP contribution is -1.93. The third-order valence-corrected chi connectivity index (χ3v) is 2.03. The van der Waals surface area contributed by atoms with Gasteiger partial charge in [-0.3, -0.25) is 0 Å². The molecule has 0 aliphatic rings. The minimum atomic E-state index is 0.802. The molecule has 0 heteroatoms. The lowest BCUT2D eigenvalue weighted by Gasteiger charge is -2.07. The van der Waals surface area contributed by atoms with Crippen molar-refractivity contribution in [1.82, 2.24) is 0 Å². The molecule has 1 unspecified atom stereocenters. The zero-order chi connectivity index (χ0) is 8.53. The summed E-state index contributed by atoms with van der Waals surface area (Å²) in [5.74, 6) is 0.802. The fourth-order valence-corrected chi connectivity index (χ4v) is 1.19. The van der Waals surface area contributed by atoms with Crippen molar-refractivity contribution in [1.29, 1.82) is 0 Å². The van der Waals surface area contributed by atoms with Crippen LogP contribution in [0.5, 0.6) is 0 Å². The van der Waals surface area contributed by atoms with E-state index in [2.05, 4.69) is 32.9 Å². The van der Waals surface area contributed by atoms with Gasteiger partial charge in [0.15, 0.2) is 0 Å². The van der Waals surface area contributed by atoms with Gasteiger partial charge in [-0.2, -0.15) is 0 Å². The number of hydrogen-bond donors (Lipinski definition) is 0. The second kappa shape index (κ2) is 7.84. The average molecular weight is 153 g/mol. The molecule has 0 nitrogen and oxygen atoms in total. The summed E-state index contributed by atoms with van der Waals surface area (Å²) in [5, 5.41) is 0. The van der Waals surface area contributed by atoms with Gasteiger partial charge in [0, 0.05) is 0 Å². The maximum atomic E-state index is 3.79. The Kier molecular flexibility index (Phi) is 7.66. The zero-order valence-electron chi connectivity index (χ0n) is 7.97. The molecule has 1 radical (unpaired) electrons. The Morgan fingerprint density at radius 2 is 2.09 bits per heavy atom. The fraction of sp³-hybridized carbons (Fsp3) is 0.727. The molecule has 11 heavy (non-hydrogen) atoms. The SMILES string of the molecule is [CH2]CC=CC(CC)CCCC. The Morgan fingerprint density at radius 1 is 1.36 bits per heavy atom. The van der Waals surface area contributed by atoms with E-state index in [1.165, 1.54) is 25.7 Å². The minimum Gasteiger partial charge on any atom is -0.0883 e. The van der Waals surface area contributed by atoms with Crippen molar-refractivity contribution in [2.24, 2.45) is 5.92 Å². The molecule has 1 atom stereocenters. The van der Waals surface area contributed by atoms with Crippen LogP contribution < -0.4 is 0 Å². The van der Waals surface area contributed by atoms with Gasteiger partial charge < -0.3 is 0 Å². The molecule has 0 aliphatic carbocycles. The van der Waals surface area contributed by atoms with E-state index >= 15 is 0 Å². The van der Waals surface area contributed by atoms with E-state index in [1.807, 2.05) is 0 Å². The second-order valence-corrected chi connectivity index (χ2v) is 3.03. The van der Waals surface area contributed by atoms with Gasteiger partial charge >= 0.3 is 0 Å². The van der Waals surface area contributed by atoms with Gasteiger partial charge in [0.1, 0.15) is 0 Å². The predicted octanol–water partition coefficient (Wildman–Crippen LogP) is 3.98. The summed E-state index contributed by atoms with van der Waals surface area (Å²) in [7, 11) is 0. The van der Waals surface area contributed by atoms with Crippen LogP contribution in [-0.2, 0) is 0 Å². The van der Waals surface area contributed by atoms with Crippen LogP contribution in [0.25, 0.3) is 0 Å². The highest BCUT2D eigenvalue weighted by Gasteiger charge is 1.98. The minimum absolute atomic E-state index is 0.802. The monoisotopic (exact) mass is 153 g/mol. The first-order valence-corrected chi connectivity index (χ1v) is 4.81. The smallest absolute Gasteiger partial charge is 0.0236 e. The largest absolute Gasteiger partial charge is 0.0883 e. The Bertz CT molecular complexity index is 92.2. The Balaban J connectivity index is 3.48. The summed E-state index contributed by atoms with van der Waals surface area (Å²) in [4.78, 5) is 0. The molecule has 0 aromatic carbocycles. The van der Waals surface area contributed by atoms with Crippen LogP contribution in [0.3, 0.4) is 0 Å². The van der Waals surface area contributed by atoms with Crippen LogP contribution in [0.1, 0.15) is 46.0 Å². The summed E-state index contributed by atoms with van der Waals surface area (Å²) in [6.07, 6.45) is 10.7. The Labute approximate surface area is 71.7 Å². The number of hydrogen-bond acceptors (Lipinski definition) is 0. The summed E-state index contributed by atoms with van der Waals surface area (Å²) < 4.78 is 0. The van der Waals surface area contributed by atoms with E-state index in [-0.39, 0.29) is 0 Å². The zero-order valence-corrected chi connectivity index (χ0v) is 7.97. The number of rotatable bonds is 6. The van der Waals surface area contributed by atoms with Gasteiger partial charge in [-0.15, -0.1) is 0 Å². The van der Waals surface area contributed by atoms with Crippen LogP contribution in [0.4, 0.5) is 0 Å². The second-order valence-electron chi connectivity index (χ2n) is 3.03. The van der Waals surface area contributed by atoms with Crippen LogP contribution in [0.15, 0.2) is 12.2 Å². The van der Waals surface area contributed by atoms with Crippen molar-refractivity contribution in [3.63, 3.8) is 0 Å². The third-order valence-electron chi connectivity index (χ3n) is 2.03. The van der Waals surface area contributed by atoms with Crippen molar-refractivity contribution in [3.8, 4) is 0 Å². The maximum absolute atomic E-state index is 3.79. The third kappa shape index (κ3) is 6.15. The molecule has 0 rings (SSSR count). The highest BCUT2D eigenvalue weighted by Crippen LogP contribution is 2.13. The van der Waals surface area contributed by atoms with E-state index in [4.69, 9.17) is 0 Å². The van der Waals surface area contributed by atoms with Gasteiger partial charge in [0.25, 0.3) is 0 Å². The van der Waals surface area contributed by atoms with E-state index in [1.54, 1.807) is 0 Å². The molecule has 0 bridgehead atoms. The van der Waals surface area contributed by atoms with Gasteiger partial charge in [-0.1, -0.05) is 38.8 Å². The van der Waals surface area contributed by atoms with Crippen LogP contribution in [0.2, 0.25) is 0 Å². The average Bonchev–Trinajstić information content (AvgIpc) is 2.05. The lowest BCUT2D eigenvalue weighted by atomic mass is 9.99. The molecule has 0 amide bonds. The molecule has 0 heterocycles. The topological polar surface area (TPSA) is 0 Å². The molecular formula is C11H21. The van der Waals surface area contributed by atoms with Gasteiger partial charge in [0.2, 0.25) is 0 Å². The van der Waals surface area contributed by atoms with Gasteiger partial charge in [0.05, 0.1) is 0 Å². The summed E-state index contributed by atoms with van der Waals surface area (Å²) >= 11 is 0. The van der Waals surface area contributed by atoms with Gasteiger partial charge in [-0.25, -0.2) is 0 Å². The molecule has 0 spiro atoms. The predicted molar refractivity (Wildman–Crippen MR) is 52.4 cm³/mol. The molecular weight excluding hydrogens is 132 g/mol. The van der Waals surface area contributed by atoms with E-state index in [9.17, 15) is 0 Å². The van der Waals surface area contributed by atoms with Crippen molar-refractivity contribution in [2.75, 3.05) is 0 Å². The molecule has 0 saturated carbocycles. The van der Waals surface area contributed by atoms with Crippen molar-refractivity contribution < 1.29 is 0 Å². The maximum Gasteiger partial charge on any atom is -0.0236 e. The summed E-state index contributed by atoms with van der Waals surface area (Å²) in [6.45, 7) is 8.29. The first-order chi connectivity index (χ1) is 5.35. The number of allylic oxidation sites excluding steroid dienone is 2. The van der Waals surface area contributed by atoms with E-state index < -0.39 is 0 Å². The molecule has 0 aromatic rings. The normalized spacial score (nSPS) is 14.1. The highest BCUT2D eigenvalue weighted by molar-refractivity contribution is 4.88. The Morgan fingerprint density at radius 3 is 2.55 bits per heavy atom. The first-order valence-electron chi connectivity index (χ1n) is 4.81. The fourth-order valence-electron chi connectivity index (χ4n) is 1.19. The summed E-state index contributed by atoms with van der Waals surface area (Å²) in [6, 6.07) is 0. The lowest BCUT2D eigenvalue weighted by molar-refractivity contribution is 0.539. The molecule has 0 aromatic heterocycles. The van der Waals surface area contributed by atoms with E-state index in [0.29, 0.717) is 0 Å².